The van der Waals surface area contributed by atoms with Crippen molar-refractivity contribution in [2.24, 2.45) is 5.92 Å². The molecule has 1 unspecified atom stereocenters. The van der Waals surface area contributed by atoms with Crippen molar-refractivity contribution in [3.63, 3.8) is 0 Å². The normalized spacial score (nSPS) is 19.4. The lowest BCUT2D eigenvalue weighted by atomic mass is 10.1. The standard InChI is InChI=1S/C10H20O3/c1-3-12-10(13-4-2)7-9(11)8-5-6-8/h8-11H,3-7H2,1-2H3. The van der Waals surface area contributed by atoms with Gasteiger partial charge < -0.3 is 14.6 Å². The molecule has 0 bridgehead atoms. The Labute approximate surface area is 80.0 Å². The highest BCUT2D eigenvalue weighted by Crippen LogP contribution is 2.34. The maximum absolute atomic E-state index is 9.65. The highest BCUT2D eigenvalue weighted by Gasteiger charge is 2.31. The first kappa shape index (κ1) is 11.0. The zero-order valence-electron chi connectivity index (χ0n) is 8.53. The second kappa shape index (κ2) is 5.58. The minimum Gasteiger partial charge on any atom is -0.393 e. The van der Waals surface area contributed by atoms with Gasteiger partial charge in [0.2, 0.25) is 0 Å². The summed E-state index contributed by atoms with van der Waals surface area (Å²) in [5, 5.41) is 9.65. The van der Waals surface area contributed by atoms with E-state index >= 15 is 0 Å². The Bertz CT molecular complexity index is 128. The summed E-state index contributed by atoms with van der Waals surface area (Å²) in [6, 6.07) is 0. The van der Waals surface area contributed by atoms with Crippen molar-refractivity contribution in [2.45, 2.75) is 45.5 Å². The Hall–Kier alpha value is -0.120. The summed E-state index contributed by atoms with van der Waals surface area (Å²) in [6.45, 7) is 5.16. The minimum atomic E-state index is -0.233. The monoisotopic (exact) mass is 188 g/mol. The van der Waals surface area contributed by atoms with Crippen molar-refractivity contribution in [1.82, 2.24) is 0 Å². The van der Waals surface area contributed by atoms with E-state index in [-0.39, 0.29) is 12.4 Å². The van der Waals surface area contributed by atoms with Gasteiger partial charge in [-0.15, -0.1) is 0 Å². The first-order valence-corrected chi connectivity index (χ1v) is 5.19. The van der Waals surface area contributed by atoms with Crippen LogP contribution in [-0.4, -0.2) is 30.7 Å². The van der Waals surface area contributed by atoms with Crippen molar-refractivity contribution in [2.75, 3.05) is 13.2 Å². The molecule has 0 spiro atoms. The Morgan fingerprint density at radius 3 is 2.15 bits per heavy atom. The van der Waals surface area contributed by atoms with E-state index in [4.69, 9.17) is 9.47 Å². The first-order valence-electron chi connectivity index (χ1n) is 5.19. The number of hydrogen-bond acceptors (Lipinski definition) is 3. The van der Waals surface area contributed by atoms with Crippen LogP contribution in [0.3, 0.4) is 0 Å². The molecule has 1 fully saturated rings. The molecule has 0 heterocycles. The van der Waals surface area contributed by atoms with E-state index in [9.17, 15) is 5.11 Å². The lowest BCUT2D eigenvalue weighted by Crippen LogP contribution is -2.25. The van der Waals surface area contributed by atoms with Crippen molar-refractivity contribution in [1.29, 1.82) is 0 Å². The van der Waals surface area contributed by atoms with Crippen molar-refractivity contribution >= 4 is 0 Å². The molecule has 1 aliphatic carbocycles. The van der Waals surface area contributed by atoms with E-state index in [1.807, 2.05) is 13.8 Å². The number of rotatable bonds is 7. The van der Waals surface area contributed by atoms with Gasteiger partial charge >= 0.3 is 0 Å². The van der Waals surface area contributed by atoms with Crippen LogP contribution >= 0.6 is 0 Å². The summed E-state index contributed by atoms with van der Waals surface area (Å²) < 4.78 is 10.7. The highest BCUT2D eigenvalue weighted by atomic mass is 16.7. The zero-order chi connectivity index (χ0) is 9.68. The molecule has 78 valence electrons. The van der Waals surface area contributed by atoms with Crippen LogP contribution in [0.1, 0.15) is 33.1 Å². The first-order chi connectivity index (χ1) is 6.27. The molecule has 13 heavy (non-hydrogen) atoms. The summed E-state index contributed by atoms with van der Waals surface area (Å²) in [4.78, 5) is 0. The van der Waals surface area contributed by atoms with Gasteiger partial charge in [-0.25, -0.2) is 0 Å². The van der Waals surface area contributed by atoms with Crippen molar-refractivity contribution in [3.8, 4) is 0 Å². The van der Waals surface area contributed by atoms with Crippen LogP contribution in [0, 0.1) is 5.92 Å². The van der Waals surface area contributed by atoms with Gasteiger partial charge in [-0.05, 0) is 32.6 Å². The van der Waals surface area contributed by atoms with Gasteiger partial charge in [0.05, 0.1) is 6.10 Å². The summed E-state index contributed by atoms with van der Waals surface area (Å²) in [7, 11) is 0. The van der Waals surface area contributed by atoms with Crippen LogP contribution in [0.25, 0.3) is 0 Å². The van der Waals surface area contributed by atoms with E-state index < -0.39 is 0 Å². The third-order valence-electron chi connectivity index (χ3n) is 2.31. The molecule has 0 radical (unpaired) electrons. The Morgan fingerprint density at radius 1 is 1.23 bits per heavy atom. The van der Waals surface area contributed by atoms with Crippen LogP contribution in [0.15, 0.2) is 0 Å². The smallest absolute Gasteiger partial charge is 0.160 e. The number of aliphatic hydroxyl groups is 1. The quantitative estimate of drug-likeness (QED) is 0.616. The average molecular weight is 188 g/mol. The highest BCUT2D eigenvalue weighted by molar-refractivity contribution is 4.81. The van der Waals surface area contributed by atoms with Gasteiger partial charge in [0, 0.05) is 19.6 Å². The number of ether oxygens (including phenoxy) is 2. The minimum absolute atomic E-state index is 0.217. The molecule has 0 amide bonds. The molecule has 1 aliphatic rings. The maximum Gasteiger partial charge on any atom is 0.160 e. The second-order valence-corrected chi connectivity index (χ2v) is 3.48. The molecular weight excluding hydrogens is 168 g/mol. The summed E-state index contributed by atoms with van der Waals surface area (Å²) in [6.07, 6.45) is 2.48. The van der Waals surface area contributed by atoms with Gasteiger partial charge in [0.15, 0.2) is 6.29 Å². The summed E-state index contributed by atoms with van der Waals surface area (Å²) in [5.74, 6) is 0.503. The topological polar surface area (TPSA) is 38.7 Å². The molecule has 3 nitrogen and oxygen atoms in total. The molecule has 0 aliphatic heterocycles. The molecule has 1 saturated carbocycles. The van der Waals surface area contributed by atoms with Crippen LogP contribution in [-0.2, 0) is 9.47 Å². The van der Waals surface area contributed by atoms with Gasteiger partial charge in [-0.2, -0.15) is 0 Å². The summed E-state index contributed by atoms with van der Waals surface area (Å²) >= 11 is 0. The second-order valence-electron chi connectivity index (χ2n) is 3.48. The van der Waals surface area contributed by atoms with Crippen LogP contribution in [0.2, 0.25) is 0 Å². The molecule has 0 aromatic heterocycles. The van der Waals surface area contributed by atoms with Crippen molar-refractivity contribution < 1.29 is 14.6 Å². The van der Waals surface area contributed by atoms with Gasteiger partial charge in [0.25, 0.3) is 0 Å². The van der Waals surface area contributed by atoms with Crippen LogP contribution < -0.4 is 0 Å². The van der Waals surface area contributed by atoms with E-state index in [1.165, 1.54) is 0 Å². The largest absolute Gasteiger partial charge is 0.393 e. The van der Waals surface area contributed by atoms with E-state index in [1.54, 1.807) is 0 Å². The summed E-state index contributed by atoms with van der Waals surface area (Å²) in [5.41, 5.74) is 0. The molecule has 1 N–H and O–H groups in total. The average Bonchev–Trinajstić information content (AvgIpc) is 2.87. The third kappa shape index (κ3) is 4.07. The lowest BCUT2D eigenvalue weighted by molar-refractivity contribution is -0.153. The predicted molar refractivity (Wildman–Crippen MR) is 50.4 cm³/mol. The fraction of sp³-hybridized carbons (Fsp3) is 1.00. The molecule has 0 saturated heterocycles. The maximum atomic E-state index is 9.65. The Balaban J connectivity index is 2.18. The Morgan fingerprint density at radius 2 is 1.77 bits per heavy atom. The van der Waals surface area contributed by atoms with Crippen molar-refractivity contribution in [3.05, 3.63) is 0 Å². The molecule has 1 atom stereocenters. The molecule has 3 heteroatoms. The van der Waals surface area contributed by atoms with Crippen LogP contribution in [0.4, 0.5) is 0 Å². The van der Waals surface area contributed by atoms with E-state index in [0.717, 1.165) is 12.8 Å². The molecule has 1 rings (SSSR count). The number of aliphatic hydroxyl groups excluding tert-OH is 1. The fourth-order valence-electron chi connectivity index (χ4n) is 1.43. The third-order valence-corrected chi connectivity index (χ3v) is 2.31. The van der Waals surface area contributed by atoms with Gasteiger partial charge in [-0.1, -0.05) is 0 Å². The predicted octanol–water partition coefficient (Wildman–Crippen LogP) is 1.55. The SMILES string of the molecule is CCOC(CC(O)C1CC1)OCC. The molecule has 0 aromatic rings. The van der Waals surface area contributed by atoms with Gasteiger partial charge in [-0.3, -0.25) is 0 Å². The number of hydrogen-bond donors (Lipinski definition) is 1. The van der Waals surface area contributed by atoms with E-state index in [2.05, 4.69) is 0 Å². The van der Waals surface area contributed by atoms with Crippen LogP contribution in [0.5, 0.6) is 0 Å². The zero-order valence-corrected chi connectivity index (χ0v) is 8.53. The van der Waals surface area contributed by atoms with Gasteiger partial charge in [0.1, 0.15) is 0 Å². The Kier molecular flexibility index (Phi) is 4.70. The lowest BCUT2D eigenvalue weighted by Gasteiger charge is -2.19. The molecule has 0 aromatic carbocycles. The van der Waals surface area contributed by atoms with E-state index in [0.29, 0.717) is 25.6 Å². The fourth-order valence-corrected chi connectivity index (χ4v) is 1.43. The molecular formula is C10H20O3.